The van der Waals surface area contributed by atoms with Gasteiger partial charge in [0.15, 0.2) is 0 Å². The molecule has 0 radical (unpaired) electrons. The van der Waals surface area contributed by atoms with Crippen LogP contribution in [0.2, 0.25) is 0 Å². The second kappa shape index (κ2) is 12.2. The van der Waals surface area contributed by atoms with E-state index < -0.39 is 27.7 Å². The van der Waals surface area contributed by atoms with Gasteiger partial charge in [0.1, 0.15) is 0 Å². The molecule has 3 aromatic rings. The molecule has 0 aliphatic rings. The molecular formula is C26H28F3N3O3S. The average molecular weight is 520 g/mol. The molecule has 0 heterocycles. The standard InChI is InChI=1S/C26H28F3N3O3S/c1-30-36(34,35)24-12-6-10-21(17-24)25(33)32-23(16-19-7-3-2-4-8-19)13-14-31-18-20-9-5-11-22(15-20)26(27,28)29/h2-12,15,17,23,30-31H,13-14,16,18H2,1H3,(H,32,33)/t23-/m1/s1. The number of rotatable bonds is 11. The fraction of sp³-hybridized carbons (Fsp3) is 0.269. The van der Waals surface area contributed by atoms with Gasteiger partial charge >= 0.3 is 6.18 Å². The van der Waals surface area contributed by atoms with E-state index in [1.165, 1.54) is 37.4 Å². The summed E-state index contributed by atoms with van der Waals surface area (Å²) in [4.78, 5) is 12.9. The zero-order chi connectivity index (χ0) is 26.2. The molecule has 0 spiro atoms. The van der Waals surface area contributed by atoms with Crippen LogP contribution in [0.25, 0.3) is 0 Å². The summed E-state index contributed by atoms with van der Waals surface area (Å²) in [6.07, 6.45) is -3.36. The van der Waals surface area contributed by atoms with E-state index in [0.29, 0.717) is 24.9 Å². The summed E-state index contributed by atoms with van der Waals surface area (Å²) >= 11 is 0. The molecular weight excluding hydrogens is 491 g/mol. The van der Waals surface area contributed by atoms with Crippen molar-refractivity contribution in [1.82, 2.24) is 15.4 Å². The first-order chi connectivity index (χ1) is 17.1. The van der Waals surface area contributed by atoms with E-state index in [1.54, 1.807) is 6.07 Å². The Bertz CT molecular complexity index is 1270. The Hall–Kier alpha value is -3.21. The number of halogens is 3. The molecule has 1 atom stereocenters. The lowest BCUT2D eigenvalue weighted by Crippen LogP contribution is -2.38. The van der Waals surface area contributed by atoms with E-state index in [-0.39, 0.29) is 23.0 Å². The van der Waals surface area contributed by atoms with Gasteiger partial charge in [0.05, 0.1) is 10.5 Å². The highest BCUT2D eigenvalue weighted by molar-refractivity contribution is 7.89. The summed E-state index contributed by atoms with van der Waals surface area (Å²) in [7, 11) is -2.40. The van der Waals surface area contributed by atoms with Crippen LogP contribution >= 0.6 is 0 Å². The first kappa shape index (κ1) is 27.4. The molecule has 3 rings (SSSR count). The zero-order valence-corrected chi connectivity index (χ0v) is 20.5. The maximum atomic E-state index is 12.9. The quantitative estimate of drug-likeness (QED) is 0.333. The fourth-order valence-electron chi connectivity index (χ4n) is 3.68. The maximum Gasteiger partial charge on any atom is 0.416 e. The number of amides is 1. The van der Waals surface area contributed by atoms with Crippen molar-refractivity contribution in [1.29, 1.82) is 0 Å². The topological polar surface area (TPSA) is 87.3 Å². The molecule has 1 amide bonds. The van der Waals surface area contributed by atoms with E-state index in [0.717, 1.165) is 17.7 Å². The highest BCUT2D eigenvalue weighted by Gasteiger charge is 2.30. The smallest absolute Gasteiger partial charge is 0.349 e. The molecule has 36 heavy (non-hydrogen) atoms. The molecule has 192 valence electrons. The number of benzene rings is 3. The van der Waals surface area contributed by atoms with Crippen molar-refractivity contribution in [2.45, 2.75) is 36.5 Å². The van der Waals surface area contributed by atoms with E-state index >= 15 is 0 Å². The van der Waals surface area contributed by atoms with Crippen molar-refractivity contribution in [3.05, 3.63) is 101 Å². The first-order valence-electron chi connectivity index (χ1n) is 11.3. The van der Waals surface area contributed by atoms with Gasteiger partial charge in [0.2, 0.25) is 10.0 Å². The average Bonchev–Trinajstić information content (AvgIpc) is 2.87. The van der Waals surface area contributed by atoms with Crippen LogP contribution in [0.5, 0.6) is 0 Å². The summed E-state index contributed by atoms with van der Waals surface area (Å²) in [5, 5.41) is 6.10. The predicted molar refractivity (Wildman–Crippen MR) is 132 cm³/mol. The summed E-state index contributed by atoms with van der Waals surface area (Å²) in [5.41, 5.74) is 1.03. The SMILES string of the molecule is CNS(=O)(=O)c1cccc(C(=O)N[C@H](CCNCc2cccc(C(F)(F)F)c2)Cc2ccccc2)c1. The molecule has 0 aromatic heterocycles. The van der Waals surface area contributed by atoms with Gasteiger partial charge < -0.3 is 10.6 Å². The third-order valence-electron chi connectivity index (χ3n) is 5.59. The molecule has 0 saturated carbocycles. The Morgan fingerprint density at radius 1 is 0.917 bits per heavy atom. The van der Waals surface area contributed by atoms with Gasteiger partial charge in [-0.3, -0.25) is 4.79 Å². The summed E-state index contributed by atoms with van der Waals surface area (Å²) < 4.78 is 65.2. The molecule has 0 aliphatic heterocycles. The van der Waals surface area contributed by atoms with Crippen LogP contribution in [-0.4, -0.2) is 34.0 Å². The third-order valence-corrected chi connectivity index (χ3v) is 7.00. The number of nitrogens with one attached hydrogen (secondary N) is 3. The van der Waals surface area contributed by atoms with Crippen molar-refractivity contribution in [2.24, 2.45) is 0 Å². The molecule has 0 saturated heterocycles. The lowest BCUT2D eigenvalue weighted by atomic mass is 10.0. The molecule has 0 bridgehead atoms. The number of hydrogen-bond acceptors (Lipinski definition) is 4. The van der Waals surface area contributed by atoms with Crippen molar-refractivity contribution < 1.29 is 26.4 Å². The second-order valence-corrected chi connectivity index (χ2v) is 10.1. The van der Waals surface area contributed by atoms with E-state index in [4.69, 9.17) is 0 Å². The Morgan fingerprint density at radius 2 is 1.61 bits per heavy atom. The minimum Gasteiger partial charge on any atom is -0.349 e. The van der Waals surface area contributed by atoms with Crippen molar-refractivity contribution in [3.63, 3.8) is 0 Å². The van der Waals surface area contributed by atoms with E-state index in [2.05, 4.69) is 15.4 Å². The van der Waals surface area contributed by atoms with Crippen molar-refractivity contribution >= 4 is 15.9 Å². The maximum absolute atomic E-state index is 12.9. The van der Waals surface area contributed by atoms with Gasteiger partial charge in [-0.2, -0.15) is 13.2 Å². The van der Waals surface area contributed by atoms with Crippen molar-refractivity contribution in [3.8, 4) is 0 Å². The van der Waals surface area contributed by atoms with Gasteiger partial charge in [-0.05, 0) is 61.8 Å². The lowest BCUT2D eigenvalue weighted by molar-refractivity contribution is -0.137. The highest BCUT2D eigenvalue weighted by atomic mass is 32.2. The van der Waals surface area contributed by atoms with Gasteiger partial charge in [-0.15, -0.1) is 0 Å². The second-order valence-electron chi connectivity index (χ2n) is 8.26. The Kier molecular flexibility index (Phi) is 9.25. The molecule has 6 nitrogen and oxygen atoms in total. The van der Waals surface area contributed by atoms with Crippen molar-refractivity contribution in [2.75, 3.05) is 13.6 Å². The fourth-order valence-corrected chi connectivity index (χ4v) is 4.46. The van der Waals surface area contributed by atoms with Crippen LogP contribution in [0.3, 0.4) is 0 Å². The minimum absolute atomic E-state index is 0.0139. The van der Waals surface area contributed by atoms with Crippen LogP contribution in [0.1, 0.15) is 33.5 Å². The number of alkyl halides is 3. The van der Waals surface area contributed by atoms with Crippen LogP contribution in [0.15, 0.2) is 83.8 Å². The number of sulfonamides is 1. The summed E-state index contributed by atoms with van der Waals surface area (Å²) in [5.74, 6) is -0.415. The Balaban J connectivity index is 1.66. The van der Waals surface area contributed by atoms with Crippen LogP contribution in [0.4, 0.5) is 13.2 Å². The minimum atomic E-state index is -4.40. The third kappa shape index (κ3) is 7.91. The molecule has 0 fully saturated rings. The van der Waals surface area contributed by atoms with Gasteiger partial charge in [-0.25, -0.2) is 13.1 Å². The van der Waals surface area contributed by atoms with Crippen LogP contribution in [0, 0.1) is 0 Å². The summed E-state index contributed by atoms with van der Waals surface area (Å²) in [6, 6.07) is 20.2. The van der Waals surface area contributed by atoms with Gasteiger partial charge in [0, 0.05) is 18.2 Å². The number of hydrogen-bond donors (Lipinski definition) is 3. The molecule has 3 aromatic carbocycles. The highest BCUT2D eigenvalue weighted by Crippen LogP contribution is 2.29. The molecule has 3 N–H and O–H groups in total. The Labute approximate surface area is 209 Å². The van der Waals surface area contributed by atoms with Gasteiger partial charge in [0.25, 0.3) is 5.91 Å². The first-order valence-corrected chi connectivity index (χ1v) is 12.8. The van der Waals surface area contributed by atoms with E-state index in [9.17, 15) is 26.4 Å². The number of carbonyl (C=O) groups excluding carboxylic acids is 1. The van der Waals surface area contributed by atoms with E-state index in [1.807, 2.05) is 30.3 Å². The monoisotopic (exact) mass is 519 g/mol. The van der Waals surface area contributed by atoms with Crippen LogP contribution in [-0.2, 0) is 29.2 Å². The van der Waals surface area contributed by atoms with Crippen LogP contribution < -0.4 is 15.4 Å². The Morgan fingerprint density at radius 3 is 2.31 bits per heavy atom. The molecule has 0 unspecified atom stereocenters. The van der Waals surface area contributed by atoms with Gasteiger partial charge in [-0.1, -0.05) is 54.6 Å². The predicted octanol–water partition coefficient (Wildman–Crippen LogP) is 4.13. The molecule has 10 heteroatoms. The number of carbonyl (C=O) groups is 1. The largest absolute Gasteiger partial charge is 0.416 e. The molecule has 0 aliphatic carbocycles. The lowest BCUT2D eigenvalue weighted by Gasteiger charge is -2.20. The zero-order valence-electron chi connectivity index (χ0n) is 19.7. The normalized spacial score (nSPS) is 12.8. The summed E-state index contributed by atoms with van der Waals surface area (Å²) in [6.45, 7) is 0.696.